The van der Waals surface area contributed by atoms with Crippen molar-refractivity contribution in [2.24, 2.45) is 0 Å². The molecule has 0 amide bonds. The molecule has 0 saturated carbocycles. The first kappa shape index (κ1) is 14.6. The van der Waals surface area contributed by atoms with E-state index >= 15 is 0 Å². The van der Waals surface area contributed by atoms with Gasteiger partial charge in [-0.25, -0.2) is 14.6 Å². The van der Waals surface area contributed by atoms with Gasteiger partial charge in [-0.1, -0.05) is 41.9 Å². The highest BCUT2D eigenvalue weighted by Gasteiger charge is 1.98. The van der Waals surface area contributed by atoms with E-state index in [1.807, 2.05) is 66.7 Å². The van der Waals surface area contributed by atoms with Crippen molar-refractivity contribution in [2.45, 2.75) is 0 Å². The van der Waals surface area contributed by atoms with E-state index in [1.54, 1.807) is 11.0 Å². The highest BCUT2D eigenvalue weighted by Crippen LogP contribution is 2.19. The van der Waals surface area contributed by atoms with Crippen molar-refractivity contribution < 1.29 is 0 Å². The summed E-state index contributed by atoms with van der Waals surface area (Å²) in [6, 6.07) is 17.8. The van der Waals surface area contributed by atoms with Crippen LogP contribution in [0.15, 0.2) is 67.3 Å². The van der Waals surface area contributed by atoms with Crippen molar-refractivity contribution in [1.29, 1.82) is 0 Å². The minimum Gasteiger partial charge on any atom is -0.248 e. The average molecular weight is 333 g/mol. The van der Waals surface area contributed by atoms with E-state index < -0.39 is 0 Å². The molecule has 5 heteroatoms. The standard InChI is InChI=1S/C19H13ClN4/c20-16-6-4-15-5-8-17(23-19(15)11-16)7-1-14-2-9-18(10-3-14)24-13-21-12-22-24/h1-13H/b7-1+. The van der Waals surface area contributed by atoms with Gasteiger partial charge in [-0.3, -0.25) is 0 Å². The Morgan fingerprint density at radius 1 is 0.917 bits per heavy atom. The summed E-state index contributed by atoms with van der Waals surface area (Å²) in [7, 11) is 0. The van der Waals surface area contributed by atoms with Gasteiger partial charge in [-0.05, 0) is 42.0 Å². The van der Waals surface area contributed by atoms with E-state index in [9.17, 15) is 0 Å². The number of hydrogen-bond donors (Lipinski definition) is 0. The highest BCUT2D eigenvalue weighted by molar-refractivity contribution is 6.31. The topological polar surface area (TPSA) is 43.6 Å². The SMILES string of the molecule is Clc1ccc2ccc(/C=C/c3ccc(-n4cncn4)cc3)nc2c1. The fourth-order valence-electron chi connectivity index (χ4n) is 2.46. The van der Waals surface area contributed by atoms with Gasteiger partial charge in [-0.2, -0.15) is 5.10 Å². The number of rotatable bonds is 3. The zero-order valence-electron chi connectivity index (χ0n) is 12.7. The summed E-state index contributed by atoms with van der Waals surface area (Å²) in [6.45, 7) is 0. The lowest BCUT2D eigenvalue weighted by Gasteiger charge is -2.01. The second-order valence-electron chi connectivity index (χ2n) is 5.34. The third kappa shape index (κ3) is 3.05. The Morgan fingerprint density at radius 3 is 2.54 bits per heavy atom. The largest absolute Gasteiger partial charge is 0.248 e. The van der Waals surface area contributed by atoms with Crippen molar-refractivity contribution in [3.63, 3.8) is 0 Å². The van der Waals surface area contributed by atoms with Crippen LogP contribution in [0.4, 0.5) is 0 Å². The summed E-state index contributed by atoms with van der Waals surface area (Å²) >= 11 is 6.03. The van der Waals surface area contributed by atoms with Crippen molar-refractivity contribution in [3.05, 3.63) is 83.5 Å². The van der Waals surface area contributed by atoms with Crippen LogP contribution < -0.4 is 0 Å². The molecule has 2 aromatic heterocycles. The molecule has 0 N–H and O–H groups in total. The maximum Gasteiger partial charge on any atom is 0.138 e. The normalized spacial score (nSPS) is 11.4. The second kappa shape index (κ2) is 6.26. The monoisotopic (exact) mass is 332 g/mol. The van der Waals surface area contributed by atoms with Gasteiger partial charge in [0.25, 0.3) is 0 Å². The average Bonchev–Trinajstić information content (AvgIpc) is 3.14. The lowest BCUT2D eigenvalue weighted by atomic mass is 10.1. The molecule has 4 aromatic rings. The van der Waals surface area contributed by atoms with E-state index in [1.165, 1.54) is 6.33 Å². The smallest absolute Gasteiger partial charge is 0.138 e. The number of fused-ring (bicyclic) bond motifs is 1. The molecular weight excluding hydrogens is 320 g/mol. The number of nitrogens with zero attached hydrogens (tertiary/aromatic N) is 4. The Hall–Kier alpha value is -2.98. The van der Waals surface area contributed by atoms with Crippen LogP contribution in [-0.4, -0.2) is 19.7 Å². The third-order valence-corrected chi connectivity index (χ3v) is 3.93. The van der Waals surface area contributed by atoms with Crippen molar-refractivity contribution in [2.75, 3.05) is 0 Å². The summed E-state index contributed by atoms with van der Waals surface area (Å²) in [5.74, 6) is 0. The lowest BCUT2D eigenvalue weighted by Crippen LogP contribution is -1.93. The number of pyridine rings is 1. The summed E-state index contributed by atoms with van der Waals surface area (Å²) in [6.07, 6.45) is 7.22. The summed E-state index contributed by atoms with van der Waals surface area (Å²) < 4.78 is 1.72. The molecule has 0 fully saturated rings. The Bertz CT molecular complexity index is 1010. The zero-order chi connectivity index (χ0) is 16.4. The maximum atomic E-state index is 6.03. The first-order chi connectivity index (χ1) is 11.8. The van der Waals surface area contributed by atoms with Crippen molar-refractivity contribution in [3.8, 4) is 5.69 Å². The van der Waals surface area contributed by atoms with E-state index in [2.05, 4.69) is 15.1 Å². The third-order valence-electron chi connectivity index (χ3n) is 3.70. The predicted molar refractivity (Wildman–Crippen MR) is 97.0 cm³/mol. The Morgan fingerprint density at radius 2 is 1.75 bits per heavy atom. The lowest BCUT2D eigenvalue weighted by molar-refractivity contribution is 0.879. The first-order valence-corrected chi connectivity index (χ1v) is 7.85. The number of halogens is 1. The van der Waals surface area contributed by atoms with E-state index in [0.717, 1.165) is 27.8 Å². The molecule has 24 heavy (non-hydrogen) atoms. The Balaban J connectivity index is 1.58. The molecule has 0 aliphatic heterocycles. The minimum absolute atomic E-state index is 0.694. The predicted octanol–water partition coefficient (Wildman–Crippen LogP) is 4.64. The number of hydrogen-bond acceptors (Lipinski definition) is 3. The van der Waals surface area contributed by atoms with Crippen molar-refractivity contribution in [1.82, 2.24) is 19.7 Å². The van der Waals surface area contributed by atoms with Crippen LogP contribution in [0.3, 0.4) is 0 Å². The van der Waals surface area contributed by atoms with Crippen LogP contribution in [-0.2, 0) is 0 Å². The van der Waals surface area contributed by atoms with Gasteiger partial charge in [0, 0.05) is 10.4 Å². The molecule has 2 heterocycles. The Kier molecular flexibility index (Phi) is 3.81. The number of benzene rings is 2. The van der Waals surface area contributed by atoms with Crippen LogP contribution in [0.25, 0.3) is 28.7 Å². The molecule has 2 aromatic carbocycles. The molecule has 0 aliphatic rings. The van der Waals surface area contributed by atoms with Crippen LogP contribution in [0.2, 0.25) is 5.02 Å². The zero-order valence-corrected chi connectivity index (χ0v) is 13.4. The van der Waals surface area contributed by atoms with E-state index in [0.29, 0.717) is 5.02 Å². The molecule has 4 rings (SSSR count). The quantitative estimate of drug-likeness (QED) is 0.549. The Labute approximate surface area is 144 Å². The van der Waals surface area contributed by atoms with Gasteiger partial charge >= 0.3 is 0 Å². The minimum atomic E-state index is 0.694. The molecule has 0 spiro atoms. The maximum absolute atomic E-state index is 6.03. The van der Waals surface area contributed by atoms with E-state index in [-0.39, 0.29) is 0 Å². The summed E-state index contributed by atoms with van der Waals surface area (Å²) in [5.41, 5.74) is 3.85. The van der Waals surface area contributed by atoms with Gasteiger partial charge in [0.1, 0.15) is 12.7 Å². The van der Waals surface area contributed by atoms with Crippen LogP contribution in [0.5, 0.6) is 0 Å². The fraction of sp³-hybridized carbons (Fsp3) is 0. The second-order valence-corrected chi connectivity index (χ2v) is 5.77. The highest BCUT2D eigenvalue weighted by atomic mass is 35.5. The molecular formula is C19H13ClN4. The summed E-state index contributed by atoms with van der Waals surface area (Å²) in [5, 5.41) is 5.88. The molecule has 0 bridgehead atoms. The molecule has 0 unspecified atom stereocenters. The van der Waals surface area contributed by atoms with Gasteiger partial charge in [0.2, 0.25) is 0 Å². The van der Waals surface area contributed by atoms with Gasteiger partial charge in [0.05, 0.1) is 16.9 Å². The summed E-state index contributed by atoms with van der Waals surface area (Å²) in [4.78, 5) is 8.56. The van der Waals surface area contributed by atoms with Gasteiger partial charge < -0.3 is 0 Å². The first-order valence-electron chi connectivity index (χ1n) is 7.47. The van der Waals surface area contributed by atoms with Gasteiger partial charge in [0.15, 0.2) is 0 Å². The molecule has 0 saturated heterocycles. The fourth-order valence-corrected chi connectivity index (χ4v) is 2.63. The van der Waals surface area contributed by atoms with Crippen LogP contribution in [0.1, 0.15) is 11.3 Å². The van der Waals surface area contributed by atoms with E-state index in [4.69, 9.17) is 11.6 Å². The van der Waals surface area contributed by atoms with Crippen LogP contribution in [0, 0.1) is 0 Å². The van der Waals surface area contributed by atoms with Crippen molar-refractivity contribution >= 4 is 34.7 Å². The van der Waals surface area contributed by atoms with Crippen LogP contribution >= 0.6 is 11.6 Å². The molecule has 0 atom stereocenters. The molecule has 4 nitrogen and oxygen atoms in total. The molecule has 0 aliphatic carbocycles. The molecule has 116 valence electrons. The number of aromatic nitrogens is 4. The molecule has 0 radical (unpaired) electrons. The van der Waals surface area contributed by atoms with Gasteiger partial charge in [-0.15, -0.1) is 0 Å².